The summed E-state index contributed by atoms with van der Waals surface area (Å²) < 4.78 is 0. The second-order valence-electron chi connectivity index (χ2n) is 4.91. The molecule has 1 aromatic rings. The zero-order chi connectivity index (χ0) is 11.7. The number of nitrogens with zero attached hydrogens (tertiary/aromatic N) is 1. The molecule has 2 aliphatic rings. The van der Waals surface area contributed by atoms with Crippen molar-refractivity contribution in [2.24, 2.45) is 0 Å². The Morgan fingerprint density at radius 3 is 2.59 bits per heavy atom. The topological polar surface area (TPSA) is 20.3 Å². The van der Waals surface area contributed by atoms with Gasteiger partial charge in [0, 0.05) is 6.54 Å². The SMILES string of the molecule is O=C1CSC2(CCCC2)N1Cc1ccccc1. The lowest BCUT2D eigenvalue weighted by Crippen LogP contribution is -2.41. The maximum atomic E-state index is 12.0. The van der Waals surface area contributed by atoms with E-state index in [1.54, 1.807) is 0 Å². The molecule has 1 heterocycles. The van der Waals surface area contributed by atoms with E-state index in [0.717, 1.165) is 6.54 Å². The zero-order valence-corrected chi connectivity index (χ0v) is 10.7. The molecule has 0 aromatic heterocycles. The molecule has 17 heavy (non-hydrogen) atoms. The van der Waals surface area contributed by atoms with E-state index in [1.165, 1.54) is 31.2 Å². The lowest BCUT2D eigenvalue weighted by atomic mass is 10.1. The first-order chi connectivity index (χ1) is 8.30. The molecule has 0 atom stereocenters. The highest BCUT2D eigenvalue weighted by Crippen LogP contribution is 2.48. The van der Waals surface area contributed by atoms with Crippen LogP contribution in [0.2, 0.25) is 0 Å². The predicted octanol–water partition coefficient (Wildman–Crippen LogP) is 3.03. The quantitative estimate of drug-likeness (QED) is 0.800. The van der Waals surface area contributed by atoms with Crippen LogP contribution in [-0.2, 0) is 11.3 Å². The third-order valence-electron chi connectivity index (χ3n) is 3.83. The summed E-state index contributed by atoms with van der Waals surface area (Å²) in [6.45, 7) is 0.784. The summed E-state index contributed by atoms with van der Waals surface area (Å²) in [6.07, 6.45) is 4.89. The van der Waals surface area contributed by atoms with Crippen molar-refractivity contribution < 1.29 is 4.79 Å². The minimum Gasteiger partial charge on any atom is -0.323 e. The molecule has 2 fully saturated rings. The zero-order valence-electron chi connectivity index (χ0n) is 9.89. The van der Waals surface area contributed by atoms with Crippen LogP contribution in [0.3, 0.4) is 0 Å². The molecule has 1 amide bonds. The van der Waals surface area contributed by atoms with Gasteiger partial charge < -0.3 is 4.90 Å². The van der Waals surface area contributed by atoms with Crippen molar-refractivity contribution >= 4 is 17.7 Å². The third-order valence-corrected chi connectivity index (χ3v) is 5.38. The second-order valence-corrected chi connectivity index (χ2v) is 6.24. The number of carbonyl (C=O) groups is 1. The van der Waals surface area contributed by atoms with Crippen LogP contribution in [0.4, 0.5) is 0 Å². The molecule has 1 saturated carbocycles. The average Bonchev–Trinajstić information content (AvgIpc) is 2.94. The van der Waals surface area contributed by atoms with E-state index in [2.05, 4.69) is 17.0 Å². The summed E-state index contributed by atoms with van der Waals surface area (Å²) in [4.78, 5) is 14.3. The second kappa shape index (κ2) is 4.37. The van der Waals surface area contributed by atoms with Gasteiger partial charge in [-0.15, -0.1) is 11.8 Å². The minimum absolute atomic E-state index is 0.132. The van der Waals surface area contributed by atoms with Gasteiger partial charge in [-0.25, -0.2) is 0 Å². The van der Waals surface area contributed by atoms with Gasteiger partial charge in [0.1, 0.15) is 0 Å². The van der Waals surface area contributed by atoms with Crippen molar-refractivity contribution in [2.45, 2.75) is 37.1 Å². The Morgan fingerprint density at radius 2 is 1.88 bits per heavy atom. The Morgan fingerprint density at radius 1 is 1.18 bits per heavy atom. The van der Waals surface area contributed by atoms with Crippen LogP contribution < -0.4 is 0 Å². The maximum absolute atomic E-state index is 12.0. The Kier molecular flexibility index (Phi) is 2.87. The normalized spacial score (nSPS) is 22.6. The Hall–Kier alpha value is -0.960. The molecule has 1 aliphatic heterocycles. The highest BCUT2D eigenvalue weighted by Gasteiger charge is 2.47. The highest BCUT2D eigenvalue weighted by atomic mass is 32.2. The fourth-order valence-corrected chi connectivity index (χ4v) is 4.37. The largest absolute Gasteiger partial charge is 0.323 e. The minimum atomic E-state index is 0.132. The van der Waals surface area contributed by atoms with Crippen LogP contribution in [0.25, 0.3) is 0 Å². The first kappa shape index (κ1) is 11.1. The number of thioether (sulfide) groups is 1. The van der Waals surface area contributed by atoms with Crippen molar-refractivity contribution in [3.8, 4) is 0 Å². The van der Waals surface area contributed by atoms with E-state index >= 15 is 0 Å². The Bertz CT molecular complexity index is 411. The Balaban J connectivity index is 1.82. The summed E-state index contributed by atoms with van der Waals surface area (Å²) in [5.74, 6) is 0.994. The molecule has 0 N–H and O–H groups in total. The van der Waals surface area contributed by atoms with E-state index in [4.69, 9.17) is 0 Å². The smallest absolute Gasteiger partial charge is 0.234 e. The van der Waals surface area contributed by atoms with Gasteiger partial charge in [0.25, 0.3) is 0 Å². The summed E-state index contributed by atoms with van der Waals surface area (Å²) in [5.41, 5.74) is 1.25. The summed E-state index contributed by atoms with van der Waals surface area (Å²) in [5, 5.41) is 0. The van der Waals surface area contributed by atoms with Crippen molar-refractivity contribution in [3.63, 3.8) is 0 Å². The van der Waals surface area contributed by atoms with Crippen LogP contribution in [0.15, 0.2) is 30.3 Å². The fraction of sp³-hybridized carbons (Fsp3) is 0.500. The first-order valence-corrected chi connectivity index (χ1v) is 7.27. The molecule has 3 rings (SSSR count). The number of hydrogen-bond acceptors (Lipinski definition) is 2. The predicted molar refractivity (Wildman–Crippen MR) is 70.6 cm³/mol. The summed E-state index contributed by atoms with van der Waals surface area (Å²) in [6, 6.07) is 10.3. The fourth-order valence-electron chi connectivity index (χ4n) is 2.92. The van der Waals surface area contributed by atoms with Crippen molar-refractivity contribution in [1.82, 2.24) is 4.90 Å². The van der Waals surface area contributed by atoms with Crippen LogP contribution in [-0.4, -0.2) is 21.4 Å². The molecule has 1 spiro atoms. The van der Waals surface area contributed by atoms with Crippen LogP contribution in [0.1, 0.15) is 31.2 Å². The van der Waals surface area contributed by atoms with Gasteiger partial charge in [0.2, 0.25) is 5.91 Å². The van der Waals surface area contributed by atoms with E-state index in [0.29, 0.717) is 11.7 Å². The van der Waals surface area contributed by atoms with Gasteiger partial charge in [0.05, 0.1) is 10.6 Å². The monoisotopic (exact) mass is 247 g/mol. The number of rotatable bonds is 2. The molecule has 0 bridgehead atoms. The maximum Gasteiger partial charge on any atom is 0.234 e. The summed E-state index contributed by atoms with van der Waals surface area (Å²) in [7, 11) is 0. The number of carbonyl (C=O) groups excluding carboxylic acids is 1. The molecular formula is C14H17NOS. The standard InChI is InChI=1S/C14H17NOS/c16-13-11-17-14(8-4-5-9-14)15(13)10-12-6-2-1-3-7-12/h1-3,6-7H,4-5,8-11H2. The van der Waals surface area contributed by atoms with Gasteiger partial charge in [-0.3, -0.25) is 4.79 Å². The molecule has 0 radical (unpaired) electrons. The lowest BCUT2D eigenvalue weighted by Gasteiger charge is -2.34. The molecule has 3 heteroatoms. The van der Waals surface area contributed by atoms with Crippen LogP contribution in [0.5, 0.6) is 0 Å². The highest BCUT2D eigenvalue weighted by molar-refractivity contribution is 8.01. The number of benzene rings is 1. The van der Waals surface area contributed by atoms with E-state index in [9.17, 15) is 4.79 Å². The summed E-state index contributed by atoms with van der Waals surface area (Å²) >= 11 is 1.86. The van der Waals surface area contributed by atoms with Crippen molar-refractivity contribution in [2.75, 3.05) is 5.75 Å². The van der Waals surface area contributed by atoms with Crippen molar-refractivity contribution in [3.05, 3.63) is 35.9 Å². The van der Waals surface area contributed by atoms with E-state index < -0.39 is 0 Å². The van der Waals surface area contributed by atoms with Gasteiger partial charge in [-0.2, -0.15) is 0 Å². The number of amides is 1. The van der Waals surface area contributed by atoms with Gasteiger partial charge in [-0.05, 0) is 18.4 Å². The first-order valence-electron chi connectivity index (χ1n) is 6.29. The number of hydrogen-bond donors (Lipinski definition) is 0. The lowest BCUT2D eigenvalue weighted by molar-refractivity contribution is -0.130. The molecular weight excluding hydrogens is 230 g/mol. The average molecular weight is 247 g/mol. The Labute approximate surface area is 106 Å². The molecule has 2 nitrogen and oxygen atoms in total. The molecule has 0 unspecified atom stereocenters. The van der Waals surface area contributed by atoms with E-state index in [-0.39, 0.29) is 4.87 Å². The third kappa shape index (κ3) is 1.97. The molecule has 1 aromatic carbocycles. The van der Waals surface area contributed by atoms with E-state index in [1.807, 2.05) is 30.0 Å². The van der Waals surface area contributed by atoms with Crippen molar-refractivity contribution in [1.29, 1.82) is 0 Å². The van der Waals surface area contributed by atoms with Gasteiger partial charge in [-0.1, -0.05) is 43.2 Å². The van der Waals surface area contributed by atoms with Gasteiger partial charge in [0.15, 0.2) is 0 Å². The van der Waals surface area contributed by atoms with Crippen LogP contribution in [0, 0.1) is 0 Å². The molecule has 90 valence electrons. The van der Waals surface area contributed by atoms with Gasteiger partial charge >= 0.3 is 0 Å². The molecule has 1 saturated heterocycles. The molecule has 1 aliphatic carbocycles. The van der Waals surface area contributed by atoms with Crippen LogP contribution >= 0.6 is 11.8 Å².